The van der Waals surface area contributed by atoms with Crippen LogP contribution in [0.4, 0.5) is 4.39 Å². The summed E-state index contributed by atoms with van der Waals surface area (Å²) in [6, 6.07) is 4.58. The second-order valence-corrected chi connectivity index (χ2v) is 5.91. The number of benzene rings is 1. The maximum absolute atomic E-state index is 13.1. The molecule has 1 N–H and O–H groups in total. The lowest BCUT2D eigenvalue weighted by molar-refractivity contribution is 0.0240. The van der Waals surface area contributed by atoms with Crippen LogP contribution in [-0.4, -0.2) is 23.4 Å². The van der Waals surface area contributed by atoms with E-state index in [9.17, 15) is 9.50 Å². The van der Waals surface area contributed by atoms with Gasteiger partial charge in [-0.25, -0.2) is 4.39 Å². The van der Waals surface area contributed by atoms with Crippen molar-refractivity contribution < 1.29 is 14.2 Å². The second-order valence-electron chi connectivity index (χ2n) is 5.50. The number of halogens is 2. The molecule has 4 heteroatoms. The van der Waals surface area contributed by atoms with Crippen LogP contribution < -0.4 is 0 Å². The Bertz CT molecular complexity index is 452. The van der Waals surface area contributed by atoms with E-state index >= 15 is 0 Å². The Balaban J connectivity index is 2.08. The number of hydrogen-bond donors (Lipinski definition) is 1. The van der Waals surface area contributed by atoms with Gasteiger partial charge in [0.15, 0.2) is 0 Å². The first-order valence-electron chi connectivity index (χ1n) is 6.67. The van der Waals surface area contributed by atoms with Gasteiger partial charge in [-0.15, -0.1) is 0 Å². The maximum atomic E-state index is 13.1. The van der Waals surface area contributed by atoms with Crippen molar-refractivity contribution in [3.8, 4) is 0 Å². The summed E-state index contributed by atoms with van der Waals surface area (Å²) in [5.41, 5.74) is 0.845. The van der Waals surface area contributed by atoms with Gasteiger partial charge in [-0.3, -0.25) is 0 Å². The third-order valence-electron chi connectivity index (χ3n) is 4.19. The van der Waals surface area contributed by atoms with Crippen LogP contribution in [-0.2, 0) is 11.2 Å². The molecule has 0 amide bonds. The van der Waals surface area contributed by atoms with Crippen molar-refractivity contribution in [2.45, 2.75) is 45.5 Å². The number of aliphatic hydroxyl groups is 1. The van der Waals surface area contributed by atoms with E-state index < -0.39 is 11.9 Å². The molecule has 1 aromatic rings. The topological polar surface area (TPSA) is 29.5 Å². The van der Waals surface area contributed by atoms with Crippen LogP contribution in [0.15, 0.2) is 18.2 Å². The zero-order valence-corrected chi connectivity index (χ0v) is 12.2. The molecule has 0 spiro atoms. The molecule has 0 saturated carbocycles. The van der Waals surface area contributed by atoms with Crippen molar-refractivity contribution >= 4 is 11.6 Å². The number of hydrogen-bond acceptors (Lipinski definition) is 2. The average molecular weight is 287 g/mol. The predicted molar refractivity (Wildman–Crippen MR) is 73.8 cm³/mol. The zero-order valence-electron chi connectivity index (χ0n) is 11.4. The highest BCUT2D eigenvalue weighted by Gasteiger charge is 2.40. The molecular weight excluding hydrogens is 267 g/mol. The maximum Gasteiger partial charge on any atom is 0.141 e. The van der Waals surface area contributed by atoms with Crippen molar-refractivity contribution in [3.05, 3.63) is 34.6 Å². The van der Waals surface area contributed by atoms with Gasteiger partial charge in [0.2, 0.25) is 0 Å². The Morgan fingerprint density at radius 2 is 2.00 bits per heavy atom. The Labute approximate surface area is 118 Å². The smallest absolute Gasteiger partial charge is 0.141 e. The molecule has 19 heavy (non-hydrogen) atoms. The van der Waals surface area contributed by atoms with Gasteiger partial charge in [0.25, 0.3) is 0 Å². The monoisotopic (exact) mass is 286 g/mol. The molecule has 106 valence electrons. The van der Waals surface area contributed by atoms with Gasteiger partial charge in [0.05, 0.1) is 23.3 Å². The van der Waals surface area contributed by atoms with E-state index in [1.807, 2.05) is 13.8 Å². The molecular formula is C15H20ClFO2. The minimum Gasteiger partial charge on any atom is -0.392 e. The highest BCUT2D eigenvalue weighted by Crippen LogP contribution is 2.35. The number of ether oxygens (including phenoxy) is 1. The molecule has 1 aromatic carbocycles. The summed E-state index contributed by atoms with van der Waals surface area (Å²) in [5, 5.41) is 10.5. The largest absolute Gasteiger partial charge is 0.392 e. The molecule has 1 aliphatic rings. The minimum atomic E-state index is -0.503. The van der Waals surface area contributed by atoms with Gasteiger partial charge < -0.3 is 9.84 Å². The molecule has 2 rings (SSSR count). The van der Waals surface area contributed by atoms with Crippen LogP contribution >= 0.6 is 11.6 Å². The van der Waals surface area contributed by atoms with Crippen LogP contribution in [0.25, 0.3) is 0 Å². The Morgan fingerprint density at radius 3 is 2.53 bits per heavy atom. The summed E-state index contributed by atoms with van der Waals surface area (Å²) < 4.78 is 18.8. The highest BCUT2D eigenvalue weighted by atomic mass is 35.5. The van der Waals surface area contributed by atoms with E-state index in [1.165, 1.54) is 6.07 Å². The molecule has 0 aliphatic carbocycles. The van der Waals surface area contributed by atoms with Crippen molar-refractivity contribution in [3.63, 3.8) is 0 Å². The first-order valence-corrected chi connectivity index (χ1v) is 7.05. The predicted octanol–water partition coefficient (Wildman–Crippen LogP) is 3.44. The van der Waals surface area contributed by atoms with Crippen LogP contribution in [0.3, 0.4) is 0 Å². The lowest BCUT2D eigenvalue weighted by atomic mass is 9.83. The third kappa shape index (κ3) is 3.10. The molecule has 1 heterocycles. The second kappa shape index (κ2) is 5.78. The zero-order chi connectivity index (χ0) is 14.2. The lowest BCUT2D eigenvalue weighted by Gasteiger charge is -2.24. The molecule has 1 saturated heterocycles. The van der Waals surface area contributed by atoms with E-state index in [1.54, 1.807) is 12.1 Å². The lowest BCUT2D eigenvalue weighted by Crippen LogP contribution is -2.32. The van der Waals surface area contributed by atoms with Gasteiger partial charge in [-0.05, 0) is 43.9 Å². The summed E-state index contributed by atoms with van der Waals surface area (Å²) in [6.45, 7) is 6.12. The fourth-order valence-electron chi connectivity index (χ4n) is 3.00. The van der Waals surface area contributed by atoms with Gasteiger partial charge >= 0.3 is 0 Å². The average Bonchev–Trinajstić information content (AvgIpc) is 2.58. The SMILES string of the molecule is CC1OC(C)C(C(O)Cc2ccc(F)c(Cl)c2)C1C. The highest BCUT2D eigenvalue weighted by molar-refractivity contribution is 6.30. The number of rotatable bonds is 3. The summed E-state index contributed by atoms with van der Waals surface area (Å²) in [7, 11) is 0. The van der Waals surface area contributed by atoms with Crippen molar-refractivity contribution in [1.82, 2.24) is 0 Å². The molecule has 0 aromatic heterocycles. The van der Waals surface area contributed by atoms with Crippen molar-refractivity contribution in [2.75, 3.05) is 0 Å². The molecule has 5 atom stereocenters. The molecule has 0 radical (unpaired) electrons. The fourth-order valence-corrected chi connectivity index (χ4v) is 3.20. The molecule has 5 unspecified atom stereocenters. The minimum absolute atomic E-state index is 0.0379. The Morgan fingerprint density at radius 1 is 1.32 bits per heavy atom. The van der Waals surface area contributed by atoms with Crippen LogP contribution in [0.1, 0.15) is 26.3 Å². The van der Waals surface area contributed by atoms with E-state index in [0.717, 1.165) is 5.56 Å². The van der Waals surface area contributed by atoms with E-state index in [2.05, 4.69) is 6.92 Å². The van der Waals surface area contributed by atoms with E-state index in [4.69, 9.17) is 16.3 Å². The summed E-state index contributed by atoms with van der Waals surface area (Å²) in [6.07, 6.45) is 0.161. The molecule has 2 nitrogen and oxygen atoms in total. The summed E-state index contributed by atoms with van der Waals surface area (Å²) >= 11 is 5.76. The third-order valence-corrected chi connectivity index (χ3v) is 4.48. The van der Waals surface area contributed by atoms with Crippen LogP contribution in [0.5, 0.6) is 0 Å². The van der Waals surface area contributed by atoms with Crippen molar-refractivity contribution in [2.24, 2.45) is 11.8 Å². The summed E-state index contributed by atoms with van der Waals surface area (Å²) in [5.74, 6) is -0.0285. The van der Waals surface area contributed by atoms with Gasteiger partial charge in [-0.2, -0.15) is 0 Å². The Hall–Kier alpha value is -0.640. The first-order chi connectivity index (χ1) is 8.90. The standard InChI is InChI=1S/C15H20ClFO2/c1-8-9(2)19-10(3)15(8)14(18)7-11-4-5-13(17)12(16)6-11/h4-6,8-10,14-15,18H,7H2,1-3H3. The summed E-state index contributed by atoms with van der Waals surface area (Å²) in [4.78, 5) is 0. The van der Waals surface area contributed by atoms with Gasteiger partial charge in [0, 0.05) is 5.92 Å². The Kier molecular flexibility index (Phi) is 4.49. The quantitative estimate of drug-likeness (QED) is 0.922. The molecule has 0 bridgehead atoms. The van der Waals surface area contributed by atoms with Crippen LogP contribution in [0.2, 0.25) is 5.02 Å². The normalized spacial score (nSPS) is 32.5. The van der Waals surface area contributed by atoms with Gasteiger partial charge in [-0.1, -0.05) is 24.6 Å². The van der Waals surface area contributed by atoms with Crippen LogP contribution in [0, 0.1) is 17.7 Å². The van der Waals surface area contributed by atoms with Crippen molar-refractivity contribution in [1.29, 1.82) is 0 Å². The molecule has 1 aliphatic heterocycles. The van der Waals surface area contributed by atoms with E-state index in [-0.39, 0.29) is 23.1 Å². The molecule has 1 fully saturated rings. The first kappa shape index (κ1) is 14.8. The number of aliphatic hydroxyl groups excluding tert-OH is 1. The fraction of sp³-hybridized carbons (Fsp3) is 0.600. The van der Waals surface area contributed by atoms with E-state index in [0.29, 0.717) is 12.3 Å². The van der Waals surface area contributed by atoms with Gasteiger partial charge in [0.1, 0.15) is 5.82 Å².